The summed E-state index contributed by atoms with van der Waals surface area (Å²) in [5.41, 5.74) is -1.66. The highest BCUT2D eigenvalue weighted by molar-refractivity contribution is 4.93. The first-order valence-corrected chi connectivity index (χ1v) is 5.52. The number of ether oxygens (including phenoxy) is 1. The summed E-state index contributed by atoms with van der Waals surface area (Å²) in [5, 5.41) is 20.9. The topological polar surface area (TPSA) is 52.9 Å². The molecule has 0 aromatic rings. The lowest BCUT2D eigenvalue weighted by atomic mass is 9.85. The molecule has 0 amide bonds. The molecule has 0 radical (unpaired) electrons. The van der Waals surface area contributed by atoms with Gasteiger partial charge >= 0.3 is 0 Å². The summed E-state index contributed by atoms with van der Waals surface area (Å²) in [6.45, 7) is 9.37. The molecule has 2 N–H and O–H groups in total. The fourth-order valence-corrected chi connectivity index (χ4v) is 2.37. The molecule has 1 saturated heterocycles. The number of hydrogen-bond acceptors (Lipinski definition) is 4. The molecule has 1 fully saturated rings. The Morgan fingerprint density at radius 1 is 1.27 bits per heavy atom. The van der Waals surface area contributed by atoms with E-state index in [9.17, 15) is 10.3 Å². The van der Waals surface area contributed by atoms with Crippen molar-refractivity contribution >= 4 is 0 Å². The molecule has 0 spiro atoms. The number of aliphatic hydroxyl groups is 1. The van der Waals surface area contributed by atoms with E-state index in [1.807, 2.05) is 27.7 Å². The predicted molar refractivity (Wildman–Crippen MR) is 57.6 cm³/mol. The van der Waals surface area contributed by atoms with Crippen LogP contribution in [0.25, 0.3) is 0 Å². The Hall–Kier alpha value is -0.160. The van der Waals surface area contributed by atoms with Crippen LogP contribution < -0.4 is 0 Å². The molecule has 0 aromatic carbocycles. The van der Waals surface area contributed by atoms with Crippen LogP contribution in [0.2, 0.25) is 0 Å². The third-order valence-corrected chi connectivity index (χ3v) is 2.84. The van der Waals surface area contributed by atoms with Crippen LogP contribution in [0.5, 0.6) is 0 Å². The predicted octanol–water partition coefficient (Wildman–Crippen LogP) is 1.75. The standard InChI is InChI=1S/C11H23NO3/c1-8(2)15-9-6-10(3,4)12(14)11(5,13)7-9/h8-9,13-14H,6-7H2,1-5H3. The van der Waals surface area contributed by atoms with Crippen LogP contribution in [-0.4, -0.2) is 38.8 Å². The van der Waals surface area contributed by atoms with E-state index in [1.54, 1.807) is 6.92 Å². The molecular formula is C11H23NO3. The van der Waals surface area contributed by atoms with Crippen LogP contribution in [0, 0.1) is 0 Å². The van der Waals surface area contributed by atoms with Crippen LogP contribution >= 0.6 is 0 Å². The molecule has 4 nitrogen and oxygen atoms in total. The lowest BCUT2D eigenvalue weighted by Gasteiger charge is -2.50. The minimum absolute atomic E-state index is 0.00148. The maximum atomic E-state index is 10.1. The Kier molecular flexibility index (Phi) is 3.45. The van der Waals surface area contributed by atoms with Gasteiger partial charge in [-0.15, -0.1) is 0 Å². The van der Waals surface area contributed by atoms with E-state index in [0.29, 0.717) is 6.42 Å². The van der Waals surface area contributed by atoms with Crippen molar-refractivity contribution in [1.82, 2.24) is 5.06 Å². The van der Waals surface area contributed by atoms with Gasteiger partial charge in [-0.2, -0.15) is 5.06 Å². The van der Waals surface area contributed by atoms with Gasteiger partial charge in [0.25, 0.3) is 0 Å². The first kappa shape index (κ1) is 12.9. The van der Waals surface area contributed by atoms with Crippen molar-refractivity contribution < 1.29 is 15.1 Å². The summed E-state index contributed by atoms with van der Waals surface area (Å²) in [6.07, 6.45) is 1.30. The smallest absolute Gasteiger partial charge is 0.140 e. The van der Waals surface area contributed by atoms with Gasteiger partial charge in [0.1, 0.15) is 5.72 Å². The van der Waals surface area contributed by atoms with Gasteiger partial charge in [0.05, 0.1) is 12.2 Å². The molecule has 90 valence electrons. The summed E-state index contributed by atoms with van der Waals surface area (Å²) in [5.74, 6) is 0. The molecule has 0 bridgehead atoms. The molecule has 1 rings (SSSR count). The zero-order valence-corrected chi connectivity index (χ0v) is 10.3. The Morgan fingerprint density at radius 3 is 2.20 bits per heavy atom. The lowest BCUT2D eigenvalue weighted by molar-refractivity contribution is -0.332. The van der Waals surface area contributed by atoms with E-state index in [-0.39, 0.29) is 12.2 Å². The Labute approximate surface area is 91.8 Å². The van der Waals surface area contributed by atoms with Crippen LogP contribution in [0.15, 0.2) is 0 Å². The number of hydroxylamine groups is 2. The summed E-state index contributed by atoms with van der Waals surface area (Å²) in [6, 6.07) is 0. The van der Waals surface area contributed by atoms with Gasteiger partial charge in [-0.05, 0) is 41.0 Å². The van der Waals surface area contributed by atoms with Gasteiger partial charge in [-0.25, -0.2) is 0 Å². The zero-order chi connectivity index (χ0) is 11.9. The van der Waals surface area contributed by atoms with Gasteiger partial charge < -0.3 is 15.1 Å². The zero-order valence-electron chi connectivity index (χ0n) is 10.3. The average molecular weight is 217 g/mol. The quantitative estimate of drug-likeness (QED) is 0.740. The maximum Gasteiger partial charge on any atom is 0.140 e. The normalized spacial score (nSPS) is 37.2. The number of piperidine rings is 1. The molecule has 1 aliphatic rings. The second kappa shape index (κ2) is 4.01. The average Bonchev–Trinajstić information content (AvgIpc) is 1.97. The second-order valence-corrected chi connectivity index (χ2v) is 5.56. The SMILES string of the molecule is CC(C)OC1CC(C)(C)N(O)C(C)(O)C1. The first-order valence-electron chi connectivity index (χ1n) is 5.52. The monoisotopic (exact) mass is 217 g/mol. The van der Waals surface area contributed by atoms with Gasteiger partial charge in [-0.1, -0.05) is 0 Å². The highest BCUT2D eigenvalue weighted by Gasteiger charge is 2.47. The molecule has 2 unspecified atom stereocenters. The maximum absolute atomic E-state index is 10.1. The minimum atomic E-state index is -1.21. The molecular weight excluding hydrogens is 194 g/mol. The van der Waals surface area contributed by atoms with Gasteiger partial charge in [0, 0.05) is 12.0 Å². The minimum Gasteiger partial charge on any atom is -0.375 e. The van der Waals surface area contributed by atoms with Gasteiger partial charge in [0.15, 0.2) is 0 Å². The highest BCUT2D eigenvalue weighted by Crippen LogP contribution is 2.36. The fraction of sp³-hybridized carbons (Fsp3) is 1.00. The van der Waals surface area contributed by atoms with Crippen molar-refractivity contribution in [3.05, 3.63) is 0 Å². The van der Waals surface area contributed by atoms with Crippen molar-refractivity contribution in [1.29, 1.82) is 0 Å². The second-order valence-electron chi connectivity index (χ2n) is 5.56. The van der Waals surface area contributed by atoms with Crippen molar-refractivity contribution in [2.45, 2.75) is 70.9 Å². The Morgan fingerprint density at radius 2 is 1.80 bits per heavy atom. The van der Waals surface area contributed by atoms with Crippen molar-refractivity contribution in [2.24, 2.45) is 0 Å². The molecule has 0 aliphatic carbocycles. The van der Waals surface area contributed by atoms with Crippen molar-refractivity contribution in [3.63, 3.8) is 0 Å². The van der Waals surface area contributed by atoms with E-state index in [0.717, 1.165) is 11.5 Å². The van der Waals surface area contributed by atoms with E-state index in [2.05, 4.69) is 0 Å². The highest BCUT2D eigenvalue weighted by atomic mass is 16.6. The molecule has 1 heterocycles. The summed E-state index contributed by atoms with van der Waals surface area (Å²) in [4.78, 5) is 0. The van der Waals surface area contributed by atoms with E-state index >= 15 is 0 Å². The van der Waals surface area contributed by atoms with E-state index < -0.39 is 11.3 Å². The van der Waals surface area contributed by atoms with E-state index in [1.165, 1.54) is 0 Å². The fourth-order valence-electron chi connectivity index (χ4n) is 2.37. The Bertz CT molecular complexity index is 208. The molecule has 1 aliphatic heterocycles. The lowest BCUT2D eigenvalue weighted by Crippen LogP contribution is -2.62. The molecule has 15 heavy (non-hydrogen) atoms. The van der Waals surface area contributed by atoms with Crippen LogP contribution in [-0.2, 0) is 4.74 Å². The summed E-state index contributed by atoms with van der Waals surface area (Å²) < 4.78 is 5.71. The third-order valence-electron chi connectivity index (χ3n) is 2.84. The summed E-state index contributed by atoms with van der Waals surface area (Å²) >= 11 is 0. The van der Waals surface area contributed by atoms with Crippen LogP contribution in [0.4, 0.5) is 0 Å². The molecule has 0 aromatic heterocycles. The Balaban J connectivity index is 2.75. The van der Waals surface area contributed by atoms with E-state index in [4.69, 9.17) is 4.74 Å². The van der Waals surface area contributed by atoms with Crippen molar-refractivity contribution in [2.75, 3.05) is 0 Å². The molecule has 4 heteroatoms. The molecule has 0 saturated carbocycles. The molecule has 2 atom stereocenters. The van der Waals surface area contributed by atoms with Gasteiger partial charge in [-0.3, -0.25) is 0 Å². The number of rotatable bonds is 2. The first-order chi connectivity index (χ1) is 6.65. The van der Waals surface area contributed by atoms with Crippen LogP contribution in [0.3, 0.4) is 0 Å². The number of nitrogens with zero attached hydrogens (tertiary/aromatic N) is 1. The van der Waals surface area contributed by atoms with Crippen LogP contribution in [0.1, 0.15) is 47.5 Å². The van der Waals surface area contributed by atoms with Crippen molar-refractivity contribution in [3.8, 4) is 0 Å². The summed E-state index contributed by atoms with van der Waals surface area (Å²) in [7, 11) is 0. The largest absolute Gasteiger partial charge is 0.375 e. The number of hydrogen-bond donors (Lipinski definition) is 2. The van der Waals surface area contributed by atoms with Gasteiger partial charge in [0.2, 0.25) is 0 Å². The third kappa shape index (κ3) is 2.91.